The Morgan fingerprint density at radius 1 is 0.839 bits per heavy atom. The number of rotatable bonds is 6. The summed E-state index contributed by atoms with van der Waals surface area (Å²) in [6.07, 6.45) is 7.62. The second-order valence-corrected chi connectivity index (χ2v) is 13.6. The van der Waals surface area contributed by atoms with E-state index in [2.05, 4.69) is 69.3 Å². The van der Waals surface area contributed by atoms with Gasteiger partial charge in [0.2, 0.25) is 5.79 Å². The van der Waals surface area contributed by atoms with E-state index in [1.165, 1.54) is 10.4 Å². The first-order valence-corrected chi connectivity index (χ1v) is 12.9. The van der Waals surface area contributed by atoms with Crippen molar-refractivity contribution in [1.82, 2.24) is 0 Å². The molecule has 31 heavy (non-hydrogen) atoms. The van der Waals surface area contributed by atoms with Gasteiger partial charge >= 0.3 is 0 Å². The third-order valence-electron chi connectivity index (χ3n) is 6.19. The Labute approximate surface area is 186 Å². The highest BCUT2D eigenvalue weighted by molar-refractivity contribution is 6.99. The van der Waals surface area contributed by atoms with Gasteiger partial charge in [-0.25, -0.2) is 0 Å². The van der Waals surface area contributed by atoms with E-state index in [4.69, 9.17) is 13.9 Å². The minimum Gasteiger partial charge on any atom is -0.407 e. The van der Waals surface area contributed by atoms with E-state index < -0.39 is 19.7 Å². The maximum atomic E-state index is 11.1. The van der Waals surface area contributed by atoms with Crippen LogP contribution in [-0.2, 0) is 13.9 Å². The number of hydrogen-bond acceptors (Lipinski definition) is 4. The molecule has 1 fully saturated rings. The van der Waals surface area contributed by atoms with Crippen LogP contribution in [0.15, 0.2) is 85.0 Å². The van der Waals surface area contributed by atoms with Gasteiger partial charge in [0.1, 0.15) is 5.60 Å². The second kappa shape index (κ2) is 8.49. The van der Waals surface area contributed by atoms with Crippen LogP contribution in [0.1, 0.15) is 27.2 Å². The SMILES string of the molecule is CC(C)(C)[Si](OCCC1(O)C=CC2(C=C1)OCCO2)(c1ccccc1)c1ccccc1. The van der Waals surface area contributed by atoms with E-state index in [-0.39, 0.29) is 5.04 Å². The van der Waals surface area contributed by atoms with Crippen LogP contribution in [0.2, 0.25) is 5.04 Å². The Bertz CT molecular complexity index is 869. The van der Waals surface area contributed by atoms with Crippen molar-refractivity contribution in [3.63, 3.8) is 0 Å². The smallest absolute Gasteiger partial charge is 0.261 e. The molecule has 0 radical (unpaired) electrons. The monoisotopic (exact) mass is 436 g/mol. The maximum absolute atomic E-state index is 11.1. The van der Waals surface area contributed by atoms with E-state index >= 15 is 0 Å². The molecule has 1 aliphatic carbocycles. The summed E-state index contributed by atoms with van der Waals surface area (Å²) >= 11 is 0. The molecule has 2 aliphatic rings. The van der Waals surface area contributed by atoms with Crippen molar-refractivity contribution in [2.75, 3.05) is 19.8 Å². The molecular formula is C26H32O4Si. The zero-order valence-corrected chi connectivity index (χ0v) is 19.6. The molecule has 1 aliphatic heterocycles. The quantitative estimate of drug-likeness (QED) is 0.556. The minimum absolute atomic E-state index is 0.0911. The molecule has 1 N–H and O–H groups in total. The third-order valence-corrected chi connectivity index (χ3v) is 11.2. The molecule has 2 aromatic rings. The van der Waals surface area contributed by atoms with E-state index in [1.54, 1.807) is 12.2 Å². The average molecular weight is 437 g/mol. The molecule has 164 valence electrons. The summed E-state index contributed by atoms with van der Waals surface area (Å²) in [5.41, 5.74) is -1.08. The van der Waals surface area contributed by atoms with Gasteiger partial charge in [-0.05, 0) is 39.7 Å². The maximum Gasteiger partial charge on any atom is 0.261 e. The van der Waals surface area contributed by atoms with Crippen LogP contribution in [0.25, 0.3) is 0 Å². The van der Waals surface area contributed by atoms with Gasteiger partial charge in [0.25, 0.3) is 8.32 Å². The average Bonchev–Trinajstić information content (AvgIpc) is 3.23. The Hall–Kier alpha value is -2.02. The lowest BCUT2D eigenvalue weighted by Gasteiger charge is -2.43. The van der Waals surface area contributed by atoms with Crippen molar-refractivity contribution >= 4 is 18.7 Å². The van der Waals surface area contributed by atoms with E-state index in [0.717, 1.165) is 0 Å². The fourth-order valence-electron chi connectivity index (χ4n) is 4.56. The molecule has 5 heteroatoms. The van der Waals surface area contributed by atoms with Gasteiger partial charge in [-0.3, -0.25) is 0 Å². The van der Waals surface area contributed by atoms with Crippen molar-refractivity contribution in [3.05, 3.63) is 85.0 Å². The van der Waals surface area contributed by atoms with Crippen molar-refractivity contribution < 1.29 is 19.0 Å². The Morgan fingerprint density at radius 2 is 1.32 bits per heavy atom. The normalized spacial score (nSPS) is 19.7. The van der Waals surface area contributed by atoms with Crippen LogP contribution in [0.3, 0.4) is 0 Å². The molecule has 1 spiro atoms. The number of ether oxygens (including phenoxy) is 2. The summed E-state index contributed by atoms with van der Waals surface area (Å²) < 4.78 is 18.2. The highest BCUT2D eigenvalue weighted by Gasteiger charge is 2.50. The van der Waals surface area contributed by atoms with E-state index in [9.17, 15) is 5.11 Å². The van der Waals surface area contributed by atoms with Gasteiger partial charge in [0.15, 0.2) is 0 Å². The standard InChI is InChI=1S/C26H32O4Si/c1-24(2,3)31(22-10-6-4-7-11-22,23-12-8-5-9-13-23)30-19-18-25(27)14-16-26(17-15-25)28-20-21-29-26/h4-17,27H,18-21H2,1-3H3. The highest BCUT2D eigenvalue weighted by atomic mass is 28.4. The molecule has 4 nitrogen and oxygen atoms in total. The Kier molecular flexibility index (Phi) is 6.07. The van der Waals surface area contributed by atoms with Gasteiger partial charge < -0.3 is 19.0 Å². The van der Waals surface area contributed by atoms with Gasteiger partial charge in [0.05, 0.1) is 13.2 Å². The van der Waals surface area contributed by atoms with Crippen molar-refractivity contribution in [3.8, 4) is 0 Å². The fourth-order valence-corrected chi connectivity index (χ4v) is 9.13. The topological polar surface area (TPSA) is 47.9 Å². The summed E-state index contributed by atoms with van der Waals surface area (Å²) in [5, 5.41) is 13.5. The largest absolute Gasteiger partial charge is 0.407 e. The molecule has 0 saturated carbocycles. The molecule has 0 atom stereocenters. The third kappa shape index (κ3) is 4.34. The van der Waals surface area contributed by atoms with Crippen molar-refractivity contribution in [1.29, 1.82) is 0 Å². The van der Waals surface area contributed by atoms with E-state index in [0.29, 0.717) is 26.2 Å². The predicted octanol–water partition coefficient (Wildman–Crippen LogP) is 3.55. The molecule has 0 bridgehead atoms. The summed E-state index contributed by atoms with van der Waals surface area (Å²) in [6, 6.07) is 21.1. The summed E-state index contributed by atoms with van der Waals surface area (Å²) in [6.45, 7) is 8.33. The number of aliphatic hydroxyl groups is 1. The summed E-state index contributed by atoms with van der Waals surface area (Å²) in [7, 11) is -2.61. The molecular weight excluding hydrogens is 404 g/mol. The Morgan fingerprint density at radius 3 is 1.77 bits per heavy atom. The van der Waals surface area contributed by atoms with Gasteiger partial charge in [-0.2, -0.15) is 0 Å². The first-order chi connectivity index (χ1) is 14.8. The minimum atomic E-state index is -2.61. The lowest BCUT2D eigenvalue weighted by molar-refractivity contribution is -0.0792. The number of hydrogen-bond donors (Lipinski definition) is 1. The van der Waals surface area contributed by atoms with Gasteiger partial charge in [-0.15, -0.1) is 0 Å². The van der Waals surface area contributed by atoms with Gasteiger partial charge in [-0.1, -0.05) is 81.4 Å². The molecule has 0 aromatic heterocycles. The van der Waals surface area contributed by atoms with Crippen LogP contribution in [0.5, 0.6) is 0 Å². The predicted molar refractivity (Wildman–Crippen MR) is 126 cm³/mol. The van der Waals surface area contributed by atoms with Crippen LogP contribution >= 0.6 is 0 Å². The fraction of sp³-hybridized carbons (Fsp3) is 0.385. The van der Waals surface area contributed by atoms with Crippen molar-refractivity contribution in [2.45, 2.75) is 43.6 Å². The van der Waals surface area contributed by atoms with Crippen LogP contribution in [-0.4, -0.2) is 44.6 Å². The molecule has 4 rings (SSSR count). The van der Waals surface area contributed by atoms with Crippen molar-refractivity contribution in [2.24, 2.45) is 0 Å². The summed E-state index contributed by atoms with van der Waals surface area (Å²) in [5.74, 6) is -0.814. The van der Waals surface area contributed by atoms with E-state index in [1.807, 2.05) is 24.3 Å². The molecule has 2 aromatic carbocycles. The van der Waals surface area contributed by atoms with Crippen LogP contribution in [0.4, 0.5) is 0 Å². The highest BCUT2D eigenvalue weighted by Crippen LogP contribution is 2.37. The lowest BCUT2D eigenvalue weighted by atomic mass is 9.92. The van der Waals surface area contributed by atoms with Crippen LogP contribution in [0, 0.1) is 0 Å². The summed E-state index contributed by atoms with van der Waals surface area (Å²) in [4.78, 5) is 0. The first-order valence-electron chi connectivity index (χ1n) is 10.9. The molecule has 0 unspecified atom stereocenters. The zero-order valence-electron chi connectivity index (χ0n) is 18.6. The molecule has 0 amide bonds. The second-order valence-electron chi connectivity index (χ2n) is 9.34. The van der Waals surface area contributed by atoms with Gasteiger partial charge in [0, 0.05) is 13.0 Å². The zero-order chi connectivity index (χ0) is 22.0. The molecule has 1 heterocycles. The van der Waals surface area contributed by atoms with Crippen LogP contribution < -0.4 is 10.4 Å². The molecule has 1 saturated heterocycles. The number of benzene rings is 2. The first kappa shape index (κ1) is 22.2. The Balaban J connectivity index is 1.60. The lowest BCUT2D eigenvalue weighted by Crippen LogP contribution is -2.66.